The molecule has 0 atom stereocenters. The van der Waals surface area contributed by atoms with E-state index in [9.17, 15) is 4.79 Å². The number of carboxylic acids is 1. The van der Waals surface area contributed by atoms with Crippen LogP contribution in [0.2, 0.25) is 0 Å². The molecule has 0 aliphatic rings. The highest BCUT2D eigenvalue weighted by Crippen LogP contribution is 2.26. The minimum Gasteiger partial charge on any atom is -0.481 e. The van der Waals surface area contributed by atoms with Gasteiger partial charge in [0.1, 0.15) is 0 Å². The van der Waals surface area contributed by atoms with Crippen LogP contribution in [-0.2, 0) is 4.79 Å². The SMILES string of the molecule is Cc1ccc(N(C)C(C)(C)CC(=O)O)cc1C. The maximum absolute atomic E-state index is 10.8. The van der Waals surface area contributed by atoms with E-state index < -0.39 is 11.5 Å². The number of rotatable bonds is 4. The second-order valence-corrected chi connectivity index (χ2v) is 5.21. The van der Waals surface area contributed by atoms with Crippen molar-refractivity contribution >= 4 is 11.7 Å². The zero-order valence-corrected chi connectivity index (χ0v) is 11.2. The molecule has 0 saturated carbocycles. The van der Waals surface area contributed by atoms with Crippen LogP contribution in [-0.4, -0.2) is 23.7 Å². The third-order valence-electron chi connectivity index (χ3n) is 3.37. The van der Waals surface area contributed by atoms with Gasteiger partial charge in [-0.25, -0.2) is 0 Å². The molecule has 1 aromatic rings. The number of hydrogen-bond donors (Lipinski definition) is 1. The first kappa shape index (κ1) is 13.6. The van der Waals surface area contributed by atoms with E-state index >= 15 is 0 Å². The van der Waals surface area contributed by atoms with Gasteiger partial charge in [0.05, 0.1) is 6.42 Å². The lowest BCUT2D eigenvalue weighted by Gasteiger charge is -2.36. The number of anilines is 1. The van der Waals surface area contributed by atoms with Crippen molar-refractivity contribution in [2.45, 2.75) is 39.7 Å². The fourth-order valence-corrected chi connectivity index (χ4v) is 1.77. The standard InChI is InChI=1S/C14H21NO2/c1-10-6-7-12(8-11(10)2)15(5)14(3,4)9-13(16)17/h6-8H,9H2,1-5H3,(H,16,17). The minimum atomic E-state index is -0.773. The lowest BCUT2D eigenvalue weighted by molar-refractivity contribution is -0.138. The molecule has 94 valence electrons. The molecule has 3 nitrogen and oxygen atoms in total. The van der Waals surface area contributed by atoms with E-state index in [4.69, 9.17) is 5.11 Å². The van der Waals surface area contributed by atoms with E-state index in [1.165, 1.54) is 11.1 Å². The number of carboxylic acid groups (broad SMARTS) is 1. The van der Waals surface area contributed by atoms with Crippen molar-refractivity contribution in [3.05, 3.63) is 29.3 Å². The van der Waals surface area contributed by atoms with Crippen molar-refractivity contribution in [2.75, 3.05) is 11.9 Å². The average Bonchev–Trinajstić information content (AvgIpc) is 2.19. The Bertz CT molecular complexity index is 424. The van der Waals surface area contributed by atoms with Crippen molar-refractivity contribution in [3.63, 3.8) is 0 Å². The first-order chi connectivity index (χ1) is 7.74. The molecule has 1 rings (SSSR count). The van der Waals surface area contributed by atoms with Crippen LogP contribution < -0.4 is 4.90 Å². The van der Waals surface area contributed by atoms with Crippen LogP contribution >= 0.6 is 0 Å². The van der Waals surface area contributed by atoms with Gasteiger partial charge in [-0.1, -0.05) is 6.07 Å². The van der Waals surface area contributed by atoms with Crippen molar-refractivity contribution in [3.8, 4) is 0 Å². The lowest BCUT2D eigenvalue weighted by atomic mass is 9.97. The first-order valence-corrected chi connectivity index (χ1v) is 5.77. The van der Waals surface area contributed by atoms with Gasteiger partial charge in [-0.15, -0.1) is 0 Å². The molecule has 3 heteroatoms. The molecule has 1 aromatic carbocycles. The molecule has 0 amide bonds. The number of aryl methyl sites for hydroxylation is 2. The zero-order valence-electron chi connectivity index (χ0n) is 11.2. The first-order valence-electron chi connectivity index (χ1n) is 5.77. The molecule has 0 radical (unpaired) electrons. The van der Waals surface area contributed by atoms with E-state index in [2.05, 4.69) is 26.0 Å². The Kier molecular flexibility index (Phi) is 3.81. The van der Waals surface area contributed by atoms with Gasteiger partial charge in [0.25, 0.3) is 0 Å². The largest absolute Gasteiger partial charge is 0.481 e. The molecule has 0 heterocycles. The summed E-state index contributed by atoms with van der Waals surface area (Å²) in [5.41, 5.74) is 3.13. The van der Waals surface area contributed by atoms with Gasteiger partial charge in [-0.3, -0.25) is 4.79 Å². The fourth-order valence-electron chi connectivity index (χ4n) is 1.77. The summed E-state index contributed by atoms with van der Waals surface area (Å²) in [6.07, 6.45) is 0.121. The molecule has 0 spiro atoms. The van der Waals surface area contributed by atoms with Crippen molar-refractivity contribution in [2.24, 2.45) is 0 Å². The normalized spacial score (nSPS) is 11.4. The van der Waals surface area contributed by atoms with Crippen LogP contribution in [0.1, 0.15) is 31.4 Å². The highest BCUT2D eigenvalue weighted by molar-refractivity contribution is 5.69. The Morgan fingerprint density at radius 1 is 1.29 bits per heavy atom. The van der Waals surface area contributed by atoms with E-state index in [1.807, 2.05) is 31.9 Å². The summed E-state index contributed by atoms with van der Waals surface area (Å²) in [4.78, 5) is 12.9. The summed E-state index contributed by atoms with van der Waals surface area (Å²) in [5.74, 6) is -0.773. The second kappa shape index (κ2) is 4.78. The third kappa shape index (κ3) is 3.22. The van der Waals surface area contributed by atoms with Crippen LogP contribution in [0, 0.1) is 13.8 Å². The minimum absolute atomic E-state index is 0.121. The zero-order chi connectivity index (χ0) is 13.2. The van der Waals surface area contributed by atoms with Gasteiger partial charge in [0.2, 0.25) is 0 Å². The molecule has 0 unspecified atom stereocenters. The van der Waals surface area contributed by atoms with E-state index in [1.54, 1.807) is 0 Å². The topological polar surface area (TPSA) is 40.5 Å². The fraction of sp³-hybridized carbons (Fsp3) is 0.500. The van der Waals surface area contributed by atoms with Crippen molar-refractivity contribution in [1.29, 1.82) is 0 Å². The molecule has 17 heavy (non-hydrogen) atoms. The van der Waals surface area contributed by atoms with Crippen LogP contribution in [0.25, 0.3) is 0 Å². The molecule has 0 aliphatic carbocycles. The molecule has 0 aliphatic heterocycles. The number of aliphatic carboxylic acids is 1. The second-order valence-electron chi connectivity index (χ2n) is 5.21. The quantitative estimate of drug-likeness (QED) is 0.872. The Morgan fingerprint density at radius 3 is 2.35 bits per heavy atom. The van der Waals surface area contributed by atoms with Gasteiger partial charge in [-0.05, 0) is 51.0 Å². The van der Waals surface area contributed by atoms with E-state index in [0.717, 1.165) is 5.69 Å². The number of carbonyl (C=O) groups is 1. The maximum Gasteiger partial charge on any atom is 0.305 e. The third-order valence-corrected chi connectivity index (χ3v) is 3.37. The van der Waals surface area contributed by atoms with Crippen LogP contribution in [0.15, 0.2) is 18.2 Å². The summed E-state index contributed by atoms with van der Waals surface area (Å²) in [7, 11) is 1.94. The van der Waals surface area contributed by atoms with E-state index in [0.29, 0.717) is 0 Å². The Labute approximate surface area is 103 Å². The van der Waals surface area contributed by atoms with Gasteiger partial charge < -0.3 is 10.0 Å². The molecule has 0 aromatic heterocycles. The molecule has 0 saturated heterocycles. The maximum atomic E-state index is 10.8. The number of benzene rings is 1. The smallest absolute Gasteiger partial charge is 0.305 e. The summed E-state index contributed by atoms with van der Waals surface area (Å²) in [6.45, 7) is 8.02. The van der Waals surface area contributed by atoms with Crippen molar-refractivity contribution < 1.29 is 9.90 Å². The van der Waals surface area contributed by atoms with Crippen LogP contribution in [0.5, 0.6) is 0 Å². The lowest BCUT2D eigenvalue weighted by Crippen LogP contribution is -2.43. The number of nitrogens with zero attached hydrogens (tertiary/aromatic N) is 1. The Hall–Kier alpha value is -1.51. The molecule has 1 N–H and O–H groups in total. The predicted molar refractivity (Wildman–Crippen MR) is 70.7 cm³/mol. The molecular weight excluding hydrogens is 214 g/mol. The molecule has 0 fully saturated rings. The number of hydrogen-bond acceptors (Lipinski definition) is 2. The summed E-state index contributed by atoms with van der Waals surface area (Å²) in [5, 5.41) is 8.92. The van der Waals surface area contributed by atoms with E-state index in [-0.39, 0.29) is 6.42 Å². The highest BCUT2D eigenvalue weighted by Gasteiger charge is 2.27. The predicted octanol–water partition coefficient (Wildman–Crippen LogP) is 2.99. The summed E-state index contributed by atoms with van der Waals surface area (Å²) < 4.78 is 0. The summed E-state index contributed by atoms with van der Waals surface area (Å²) in [6, 6.07) is 6.20. The van der Waals surface area contributed by atoms with Gasteiger partial charge in [0, 0.05) is 18.3 Å². The molecular formula is C14H21NO2. The van der Waals surface area contributed by atoms with Crippen molar-refractivity contribution in [1.82, 2.24) is 0 Å². The Morgan fingerprint density at radius 2 is 1.88 bits per heavy atom. The van der Waals surface area contributed by atoms with Crippen LogP contribution in [0.3, 0.4) is 0 Å². The van der Waals surface area contributed by atoms with Gasteiger partial charge in [-0.2, -0.15) is 0 Å². The molecule has 0 bridgehead atoms. The van der Waals surface area contributed by atoms with Crippen LogP contribution in [0.4, 0.5) is 5.69 Å². The average molecular weight is 235 g/mol. The van der Waals surface area contributed by atoms with Gasteiger partial charge >= 0.3 is 5.97 Å². The van der Waals surface area contributed by atoms with Gasteiger partial charge in [0.15, 0.2) is 0 Å². The summed E-state index contributed by atoms with van der Waals surface area (Å²) >= 11 is 0. The highest BCUT2D eigenvalue weighted by atomic mass is 16.4. The Balaban J connectivity index is 2.98. The monoisotopic (exact) mass is 235 g/mol.